The van der Waals surface area contributed by atoms with Crippen molar-refractivity contribution in [1.82, 2.24) is 9.78 Å². The molecule has 1 aromatic heterocycles. The summed E-state index contributed by atoms with van der Waals surface area (Å²) < 4.78 is 7.09. The van der Waals surface area contributed by atoms with Crippen LogP contribution in [-0.4, -0.2) is 22.0 Å². The normalized spacial score (nSPS) is 10.2. The number of nitrogens with one attached hydrogen (secondary N) is 2. The summed E-state index contributed by atoms with van der Waals surface area (Å²) in [4.78, 5) is 0. The van der Waals surface area contributed by atoms with Crippen molar-refractivity contribution < 1.29 is 4.74 Å². The lowest BCUT2D eigenvalue weighted by Crippen LogP contribution is -2.19. The highest BCUT2D eigenvalue weighted by Gasteiger charge is 2.07. The Bertz CT molecular complexity index is 609. The minimum Gasteiger partial charge on any atom is -0.497 e. The van der Waals surface area contributed by atoms with Gasteiger partial charge in [-0.25, -0.2) is 0 Å². The average molecular weight is 290 g/mol. The summed E-state index contributed by atoms with van der Waals surface area (Å²) in [7, 11) is 1.64. The minimum atomic E-state index is 0.525. The van der Waals surface area contributed by atoms with Crippen LogP contribution in [0.1, 0.15) is 12.6 Å². The third kappa shape index (κ3) is 3.27. The number of anilines is 2. The van der Waals surface area contributed by atoms with Crippen LogP contribution in [0.2, 0.25) is 0 Å². The number of benzene rings is 1. The van der Waals surface area contributed by atoms with E-state index in [0.29, 0.717) is 5.11 Å². The Morgan fingerprint density at radius 3 is 2.85 bits per heavy atom. The summed E-state index contributed by atoms with van der Waals surface area (Å²) >= 11 is 5.30. The van der Waals surface area contributed by atoms with E-state index < -0.39 is 0 Å². The predicted molar refractivity (Wildman–Crippen MR) is 85.5 cm³/mol. The lowest BCUT2D eigenvalue weighted by Gasteiger charge is -2.11. The van der Waals surface area contributed by atoms with Crippen molar-refractivity contribution in [2.45, 2.75) is 20.4 Å². The van der Waals surface area contributed by atoms with Gasteiger partial charge in [-0.2, -0.15) is 5.10 Å². The van der Waals surface area contributed by atoms with E-state index in [1.54, 1.807) is 13.3 Å². The molecule has 0 aliphatic carbocycles. The first-order valence-electron chi connectivity index (χ1n) is 6.38. The van der Waals surface area contributed by atoms with Gasteiger partial charge in [-0.1, -0.05) is 6.07 Å². The number of hydrogen-bond donors (Lipinski definition) is 2. The van der Waals surface area contributed by atoms with Crippen LogP contribution in [0.25, 0.3) is 0 Å². The van der Waals surface area contributed by atoms with Crippen LogP contribution in [0.15, 0.2) is 30.5 Å². The van der Waals surface area contributed by atoms with Crippen LogP contribution in [-0.2, 0) is 6.54 Å². The van der Waals surface area contributed by atoms with Crippen molar-refractivity contribution in [3.05, 3.63) is 36.2 Å². The third-order valence-corrected chi connectivity index (χ3v) is 3.18. The zero-order valence-electron chi connectivity index (χ0n) is 11.8. The topological polar surface area (TPSA) is 51.1 Å². The van der Waals surface area contributed by atoms with E-state index in [-0.39, 0.29) is 0 Å². The fourth-order valence-electron chi connectivity index (χ4n) is 1.87. The minimum absolute atomic E-state index is 0.525. The van der Waals surface area contributed by atoms with E-state index in [0.717, 1.165) is 29.4 Å². The van der Waals surface area contributed by atoms with Gasteiger partial charge in [0.15, 0.2) is 5.11 Å². The Morgan fingerprint density at radius 1 is 1.40 bits per heavy atom. The van der Waals surface area contributed by atoms with E-state index in [2.05, 4.69) is 22.7 Å². The Hall–Kier alpha value is -2.08. The predicted octanol–water partition coefficient (Wildman–Crippen LogP) is 3.03. The zero-order valence-corrected chi connectivity index (χ0v) is 12.6. The Morgan fingerprint density at radius 2 is 2.20 bits per heavy atom. The van der Waals surface area contributed by atoms with E-state index in [4.69, 9.17) is 17.0 Å². The molecule has 2 aromatic rings. The van der Waals surface area contributed by atoms with Crippen molar-refractivity contribution in [1.29, 1.82) is 0 Å². The molecule has 0 amide bonds. The molecule has 0 fully saturated rings. The van der Waals surface area contributed by atoms with Crippen molar-refractivity contribution in [2.24, 2.45) is 0 Å². The number of thiocarbonyl (C=S) groups is 1. The molecule has 0 atom stereocenters. The molecule has 20 heavy (non-hydrogen) atoms. The molecule has 106 valence electrons. The second kappa shape index (κ2) is 6.38. The van der Waals surface area contributed by atoms with Gasteiger partial charge in [-0.15, -0.1) is 0 Å². The first kappa shape index (κ1) is 14.3. The van der Waals surface area contributed by atoms with Crippen LogP contribution >= 0.6 is 12.2 Å². The fourth-order valence-corrected chi connectivity index (χ4v) is 2.10. The first-order valence-corrected chi connectivity index (χ1v) is 6.79. The number of aryl methyl sites for hydroxylation is 1. The highest BCUT2D eigenvalue weighted by atomic mass is 32.1. The van der Waals surface area contributed by atoms with E-state index >= 15 is 0 Å². The van der Waals surface area contributed by atoms with Gasteiger partial charge in [0.25, 0.3) is 0 Å². The molecule has 0 unspecified atom stereocenters. The molecule has 0 aliphatic heterocycles. The molecule has 0 aliphatic rings. The number of rotatable bonds is 4. The van der Waals surface area contributed by atoms with E-state index in [1.165, 1.54) is 0 Å². The van der Waals surface area contributed by atoms with Gasteiger partial charge in [0.2, 0.25) is 0 Å². The van der Waals surface area contributed by atoms with Crippen molar-refractivity contribution in [3.63, 3.8) is 0 Å². The maximum absolute atomic E-state index is 5.30. The zero-order chi connectivity index (χ0) is 14.5. The number of methoxy groups -OCH3 is 1. The molecule has 0 saturated heterocycles. The number of ether oxygens (including phenoxy) is 1. The van der Waals surface area contributed by atoms with Gasteiger partial charge in [0.05, 0.1) is 24.7 Å². The second-order valence-corrected chi connectivity index (χ2v) is 4.68. The van der Waals surface area contributed by atoms with Crippen LogP contribution in [0, 0.1) is 6.92 Å². The molecule has 1 heterocycles. The number of aromatic nitrogens is 2. The summed E-state index contributed by atoms with van der Waals surface area (Å²) in [6.45, 7) is 4.90. The first-order chi connectivity index (χ1) is 9.63. The van der Waals surface area contributed by atoms with Gasteiger partial charge in [-0.05, 0) is 38.2 Å². The summed E-state index contributed by atoms with van der Waals surface area (Å²) in [5, 5.41) is 11.1. The van der Waals surface area contributed by atoms with Crippen LogP contribution < -0.4 is 15.4 Å². The van der Waals surface area contributed by atoms with Crippen LogP contribution in [0.5, 0.6) is 5.75 Å². The average Bonchev–Trinajstić information content (AvgIpc) is 2.79. The molecular formula is C14H18N4OS. The maximum Gasteiger partial charge on any atom is 0.175 e. The highest BCUT2D eigenvalue weighted by Crippen LogP contribution is 2.18. The standard InChI is InChI=1S/C14H18N4OS/c1-4-18-10(2)13(9-15-18)17-14(20)16-11-6-5-7-12(8-11)19-3/h5-9H,4H2,1-3H3,(H2,16,17,20). The maximum atomic E-state index is 5.30. The number of hydrogen-bond acceptors (Lipinski definition) is 3. The molecule has 0 saturated carbocycles. The fraction of sp³-hybridized carbons (Fsp3) is 0.286. The number of nitrogens with zero attached hydrogens (tertiary/aromatic N) is 2. The van der Waals surface area contributed by atoms with E-state index in [1.807, 2.05) is 35.9 Å². The van der Waals surface area contributed by atoms with Crippen molar-refractivity contribution in [3.8, 4) is 5.75 Å². The lowest BCUT2D eigenvalue weighted by molar-refractivity contribution is 0.415. The third-order valence-electron chi connectivity index (χ3n) is 2.98. The molecule has 1 aromatic carbocycles. The monoisotopic (exact) mass is 290 g/mol. The smallest absolute Gasteiger partial charge is 0.175 e. The second-order valence-electron chi connectivity index (χ2n) is 4.27. The molecule has 5 nitrogen and oxygen atoms in total. The van der Waals surface area contributed by atoms with Gasteiger partial charge in [0, 0.05) is 18.3 Å². The molecule has 2 rings (SSSR count). The van der Waals surface area contributed by atoms with Gasteiger partial charge >= 0.3 is 0 Å². The molecule has 0 spiro atoms. The lowest BCUT2D eigenvalue weighted by atomic mass is 10.3. The molecular weight excluding hydrogens is 272 g/mol. The Labute approximate surface area is 123 Å². The van der Waals surface area contributed by atoms with Crippen molar-refractivity contribution >= 4 is 28.7 Å². The van der Waals surface area contributed by atoms with Gasteiger partial charge in [0.1, 0.15) is 5.75 Å². The molecule has 2 N–H and O–H groups in total. The summed E-state index contributed by atoms with van der Waals surface area (Å²) in [5.41, 5.74) is 2.84. The van der Waals surface area contributed by atoms with Crippen LogP contribution in [0.3, 0.4) is 0 Å². The van der Waals surface area contributed by atoms with E-state index in [9.17, 15) is 0 Å². The molecule has 0 radical (unpaired) electrons. The van der Waals surface area contributed by atoms with Gasteiger partial charge in [-0.3, -0.25) is 4.68 Å². The summed E-state index contributed by atoms with van der Waals surface area (Å²) in [6.07, 6.45) is 1.78. The SMILES string of the molecule is CCn1ncc(NC(=S)Nc2cccc(OC)c2)c1C. The summed E-state index contributed by atoms with van der Waals surface area (Å²) in [6, 6.07) is 7.61. The molecule has 6 heteroatoms. The van der Waals surface area contributed by atoms with Crippen LogP contribution in [0.4, 0.5) is 11.4 Å². The summed E-state index contributed by atoms with van der Waals surface area (Å²) in [5.74, 6) is 0.785. The Kier molecular flexibility index (Phi) is 4.57. The van der Waals surface area contributed by atoms with Gasteiger partial charge < -0.3 is 15.4 Å². The Balaban J connectivity index is 2.03. The quantitative estimate of drug-likeness (QED) is 0.848. The highest BCUT2D eigenvalue weighted by molar-refractivity contribution is 7.80. The molecule has 0 bridgehead atoms. The van der Waals surface area contributed by atoms with Crippen molar-refractivity contribution in [2.75, 3.05) is 17.7 Å². The largest absolute Gasteiger partial charge is 0.497 e.